The van der Waals surface area contributed by atoms with Gasteiger partial charge in [0.05, 0.1) is 6.20 Å². The van der Waals surface area contributed by atoms with Crippen LogP contribution in [0, 0.1) is 0 Å². The number of aromatic nitrogens is 1. The van der Waals surface area contributed by atoms with Crippen LogP contribution in [0.5, 0.6) is 11.5 Å². The number of aromatic carboxylic acids is 1. The lowest BCUT2D eigenvalue weighted by Gasteiger charge is -2.07. The molecule has 3 aromatic rings. The van der Waals surface area contributed by atoms with E-state index in [0.717, 1.165) is 15.2 Å². The fourth-order valence-corrected chi connectivity index (χ4v) is 2.34. The average Bonchev–Trinajstić information content (AvgIpc) is 2.48. The van der Waals surface area contributed by atoms with E-state index in [4.69, 9.17) is 9.84 Å². The van der Waals surface area contributed by atoms with Crippen LogP contribution >= 0.6 is 15.9 Å². The van der Waals surface area contributed by atoms with E-state index in [0.29, 0.717) is 11.5 Å². The molecule has 104 valence electrons. The van der Waals surface area contributed by atoms with Crippen LogP contribution < -0.4 is 4.74 Å². The molecule has 0 aliphatic carbocycles. The van der Waals surface area contributed by atoms with Crippen LogP contribution in [0.3, 0.4) is 0 Å². The monoisotopic (exact) mass is 343 g/mol. The van der Waals surface area contributed by atoms with Crippen LogP contribution in [0.2, 0.25) is 0 Å². The van der Waals surface area contributed by atoms with E-state index in [1.54, 1.807) is 6.07 Å². The van der Waals surface area contributed by atoms with E-state index in [1.165, 1.54) is 12.3 Å². The molecular formula is C16H10BrNO3. The Hall–Kier alpha value is -2.40. The quantitative estimate of drug-likeness (QED) is 0.761. The number of hydrogen-bond donors (Lipinski definition) is 1. The minimum atomic E-state index is -1.06. The van der Waals surface area contributed by atoms with Gasteiger partial charge in [-0.3, -0.25) is 0 Å². The summed E-state index contributed by atoms with van der Waals surface area (Å²) in [7, 11) is 0. The second kappa shape index (κ2) is 5.54. The van der Waals surface area contributed by atoms with Gasteiger partial charge in [-0.15, -0.1) is 0 Å². The van der Waals surface area contributed by atoms with Gasteiger partial charge in [-0.05, 0) is 47.2 Å². The summed E-state index contributed by atoms with van der Waals surface area (Å²) in [6.07, 6.45) is 1.40. The lowest BCUT2D eigenvalue weighted by molar-refractivity contribution is 0.0690. The standard InChI is InChI=1S/C16H10BrNO3/c17-12-3-1-11-8-13(4-2-10(11)7-12)21-14-5-6-15(16(19)20)18-9-14/h1-9H,(H,19,20). The summed E-state index contributed by atoms with van der Waals surface area (Å²) >= 11 is 3.44. The molecule has 0 fully saturated rings. The van der Waals surface area contributed by atoms with Crippen molar-refractivity contribution in [1.29, 1.82) is 0 Å². The van der Waals surface area contributed by atoms with Gasteiger partial charge in [-0.25, -0.2) is 9.78 Å². The topological polar surface area (TPSA) is 59.4 Å². The van der Waals surface area contributed by atoms with Crippen LogP contribution in [0.15, 0.2) is 59.2 Å². The molecule has 0 amide bonds. The minimum Gasteiger partial charge on any atom is -0.477 e. The lowest BCUT2D eigenvalue weighted by atomic mass is 10.1. The van der Waals surface area contributed by atoms with E-state index < -0.39 is 5.97 Å². The number of fused-ring (bicyclic) bond motifs is 1. The first-order chi connectivity index (χ1) is 10.1. The van der Waals surface area contributed by atoms with Crippen molar-refractivity contribution in [1.82, 2.24) is 4.98 Å². The third-order valence-corrected chi connectivity index (χ3v) is 3.46. The number of benzene rings is 2. The van der Waals surface area contributed by atoms with Crippen molar-refractivity contribution in [2.75, 3.05) is 0 Å². The molecule has 0 saturated carbocycles. The molecule has 21 heavy (non-hydrogen) atoms. The van der Waals surface area contributed by atoms with E-state index in [-0.39, 0.29) is 5.69 Å². The number of rotatable bonds is 3. The summed E-state index contributed by atoms with van der Waals surface area (Å²) in [5.74, 6) is 0.115. The zero-order valence-electron chi connectivity index (χ0n) is 10.8. The van der Waals surface area contributed by atoms with Gasteiger partial charge in [0, 0.05) is 4.47 Å². The van der Waals surface area contributed by atoms with Crippen LogP contribution in [-0.4, -0.2) is 16.1 Å². The Bertz CT molecular complexity index is 815. The highest BCUT2D eigenvalue weighted by molar-refractivity contribution is 9.10. The molecule has 0 atom stereocenters. The van der Waals surface area contributed by atoms with Gasteiger partial charge in [0.15, 0.2) is 0 Å². The van der Waals surface area contributed by atoms with E-state index in [2.05, 4.69) is 20.9 Å². The molecule has 0 aliphatic heterocycles. The van der Waals surface area contributed by atoms with Crippen molar-refractivity contribution < 1.29 is 14.6 Å². The molecule has 1 heterocycles. The summed E-state index contributed by atoms with van der Waals surface area (Å²) in [5, 5.41) is 11.0. The second-order valence-electron chi connectivity index (χ2n) is 4.44. The van der Waals surface area contributed by atoms with Crippen LogP contribution in [0.25, 0.3) is 10.8 Å². The largest absolute Gasteiger partial charge is 0.477 e. The Morgan fingerprint density at radius 1 is 1.00 bits per heavy atom. The predicted octanol–water partition coefficient (Wildman–Crippen LogP) is 4.49. The van der Waals surface area contributed by atoms with Gasteiger partial charge < -0.3 is 9.84 Å². The first-order valence-corrected chi connectivity index (χ1v) is 6.98. The Morgan fingerprint density at radius 3 is 2.43 bits per heavy atom. The maximum atomic E-state index is 10.7. The average molecular weight is 344 g/mol. The van der Waals surface area contributed by atoms with Crippen LogP contribution in [0.4, 0.5) is 0 Å². The van der Waals surface area contributed by atoms with Crippen molar-refractivity contribution >= 4 is 32.7 Å². The fourth-order valence-electron chi connectivity index (χ4n) is 1.96. The first-order valence-electron chi connectivity index (χ1n) is 6.18. The summed E-state index contributed by atoms with van der Waals surface area (Å²) in [6.45, 7) is 0. The fraction of sp³-hybridized carbons (Fsp3) is 0. The molecule has 0 spiro atoms. The summed E-state index contributed by atoms with van der Waals surface area (Å²) in [6, 6.07) is 14.7. The number of pyridine rings is 1. The molecule has 3 rings (SSSR count). The smallest absolute Gasteiger partial charge is 0.354 e. The zero-order chi connectivity index (χ0) is 14.8. The SMILES string of the molecule is O=C(O)c1ccc(Oc2ccc3cc(Br)ccc3c2)cn1. The molecule has 0 radical (unpaired) electrons. The Morgan fingerprint density at radius 2 is 1.71 bits per heavy atom. The van der Waals surface area contributed by atoms with E-state index in [9.17, 15) is 4.79 Å². The lowest BCUT2D eigenvalue weighted by Crippen LogP contribution is -1.99. The summed E-state index contributed by atoms with van der Waals surface area (Å²) < 4.78 is 6.71. The Kier molecular flexibility index (Phi) is 3.58. The molecule has 0 saturated heterocycles. The van der Waals surface area contributed by atoms with E-state index in [1.807, 2.05) is 36.4 Å². The first kappa shape index (κ1) is 13.6. The minimum absolute atomic E-state index is 0.00860. The second-order valence-corrected chi connectivity index (χ2v) is 5.36. The van der Waals surface area contributed by atoms with Crippen molar-refractivity contribution in [3.63, 3.8) is 0 Å². The Labute approximate surface area is 129 Å². The number of carbonyl (C=O) groups is 1. The predicted molar refractivity (Wildman–Crippen MR) is 82.9 cm³/mol. The van der Waals surface area contributed by atoms with Crippen LogP contribution in [-0.2, 0) is 0 Å². The van der Waals surface area contributed by atoms with Gasteiger partial charge >= 0.3 is 5.97 Å². The van der Waals surface area contributed by atoms with Crippen molar-refractivity contribution in [3.8, 4) is 11.5 Å². The molecule has 5 heteroatoms. The highest BCUT2D eigenvalue weighted by Crippen LogP contribution is 2.27. The van der Waals surface area contributed by atoms with Crippen molar-refractivity contribution in [2.24, 2.45) is 0 Å². The number of carboxylic acids is 1. The van der Waals surface area contributed by atoms with Gasteiger partial charge in [0.2, 0.25) is 0 Å². The molecule has 0 unspecified atom stereocenters. The summed E-state index contributed by atoms with van der Waals surface area (Å²) in [4.78, 5) is 14.6. The highest BCUT2D eigenvalue weighted by Gasteiger charge is 2.05. The normalized spacial score (nSPS) is 10.5. The van der Waals surface area contributed by atoms with E-state index >= 15 is 0 Å². The number of halogens is 1. The number of ether oxygens (including phenoxy) is 1. The third-order valence-electron chi connectivity index (χ3n) is 2.96. The maximum Gasteiger partial charge on any atom is 0.354 e. The molecule has 2 aromatic carbocycles. The van der Waals surface area contributed by atoms with Gasteiger partial charge in [0.25, 0.3) is 0 Å². The highest BCUT2D eigenvalue weighted by atomic mass is 79.9. The molecule has 4 nitrogen and oxygen atoms in total. The number of nitrogens with zero attached hydrogens (tertiary/aromatic N) is 1. The van der Waals surface area contributed by atoms with Gasteiger partial charge in [-0.2, -0.15) is 0 Å². The molecule has 0 bridgehead atoms. The van der Waals surface area contributed by atoms with Crippen molar-refractivity contribution in [3.05, 3.63) is 64.9 Å². The zero-order valence-corrected chi connectivity index (χ0v) is 12.4. The third kappa shape index (κ3) is 3.03. The molecule has 1 aromatic heterocycles. The molecule has 1 N–H and O–H groups in total. The molecular weight excluding hydrogens is 334 g/mol. The Balaban J connectivity index is 1.87. The number of carboxylic acid groups (broad SMARTS) is 1. The maximum absolute atomic E-state index is 10.7. The molecule has 0 aliphatic rings. The summed E-state index contributed by atoms with van der Waals surface area (Å²) in [5.41, 5.74) is -0.00860. The van der Waals surface area contributed by atoms with Crippen molar-refractivity contribution in [2.45, 2.75) is 0 Å². The van der Waals surface area contributed by atoms with Gasteiger partial charge in [-0.1, -0.05) is 28.1 Å². The van der Waals surface area contributed by atoms with Crippen LogP contribution in [0.1, 0.15) is 10.5 Å². The van der Waals surface area contributed by atoms with Gasteiger partial charge in [0.1, 0.15) is 17.2 Å². The number of hydrogen-bond acceptors (Lipinski definition) is 3.